The zero-order valence-corrected chi connectivity index (χ0v) is 12.6. The van der Waals surface area contributed by atoms with E-state index in [1.807, 2.05) is 12.1 Å². The van der Waals surface area contributed by atoms with E-state index in [0.717, 1.165) is 31.1 Å². The quantitative estimate of drug-likeness (QED) is 0.767. The standard InChI is InChI=1S/C17H27FN2/c1-20(16-9-3-2-4-10-16)13-7-12-19-14-15-8-5-6-11-17(15)18/h5-6,8,11,16,19H,2-4,7,9-10,12-14H2,1H3. The number of nitrogens with zero attached hydrogens (tertiary/aromatic N) is 1. The number of nitrogens with one attached hydrogen (secondary N) is 1. The summed E-state index contributed by atoms with van der Waals surface area (Å²) in [5, 5.41) is 3.33. The largest absolute Gasteiger partial charge is 0.313 e. The van der Waals surface area contributed by atoms with Crippen LogP contribution >= 0.6 is 0 Å². The zero-order chi connectivity index (χ0) is 14.2. The average Bonchev–Trinajstić information content (AvgIpc) is 2.49. The van der Waals surface area contributed by atoms with E-state index in [0.29, 0.717) is 6.54 Å². The van der Waals surface area contributed by atoms with Crippen molar-refractivity contribution in [1.82, 2.24) is 10.2 Å². The molecule has 0 heterocycles. The first-order chi connectivity index (χ1) is 9.77. The van der Waals surface area contributed by atoms with Crippen LogP contribution in [0.3, 0.4) is 0 Å². The van der Waals surface area contributed by atoms with Crippen LogP contribution in [0.4, 0.5) is 4.39 Å². The summed E-state index contributed by atoms with van der Waals surface area (Å²) in [6.07, 6.45) is 8.04. The van der Waals surface area contributed by atoms with Crippen LogP contribution in [-0.4, -0.2) is 31.1 Å². The molecule has 20 heavy (non-hydrogen) atoms. The van der Waals surface area contributed by atoms with Crippen molar-refractivity contribution in [2.24, 2.45) is 0 Å². The van der Waals surface area contributed by atoms with Crippen LogP contribution in [-0.2, 0) is 6.54 Å². The van der Waals surface area contributed by atoms with E-state index < -0.39 is 0 Å². The molecule has 112 valence electrons. The van der Waals surface area contributed by atoms with Crippen LogP contribution in [0, 0.1) is 5.82 Å². The Kier molecular flexibility index (Phi) is 6.48. The Morgan fingerprint density at radius 2 is 1.95 bits per heavy atom. The molecule has 0 spiro atoms. The molecule has 0 saturated heterocycles. The minimum absolute atomic E-state index is 0.112. The Morgan fingerprint density at radius 1 is 1.20 bits per heavy atom. The first kappa shape index (κ1) is 15.5. The molecule has 0 aromatic heterocycles. The molecule has 0 bridgehead atoms. The summed E-state index contributed by atoms with van der Waals surface area (Å²) in [6.45, 7) is 2.71. The molecular formula is C17H27FN2. The van der Waals surface area contributed by atoms with E-state index in [-0.39, 0.29) is 5.82 Å². The van der Waals surface area contributed by atoms with Crippen LogP contribution in [0.25, 0.3) is 0 Å². The van der Waals surface area contributed by atoms with Crippen molar-refractivity contribution in [2.75, 3.05) is 20.1 Å². The highest BCUT2D eigenvalue weighted by atomic mass is 19.1. The molecule has 0 unspecified atom stereocenters. The predicted octanol–water partition coefficient (Wildman–Crippen LogP) is 3.57. The minimum atomic E-state index is -0.112. The van der Waals surface area contributed by atoms with Crippen LogP contribution in [0.5, 0.6) is 0 Å². The van der Waals surface area contributed by atoms with Gasteiger partial charge >= 0.3 is 0 Å². The van der Waals surface area contributed by atoms with Gasteiger partial charge in [-0.2, -0.15) is 0 Å². The van der Waals surface area contributed by atoms with Gasteiger partial charge in [-0.15, -0.1) is 0 Å². The SMILES string of the molecule is CN(CCCNCc1ccccc1F)C1CCCCC1. The Balaban J connectivity index is 1.58. The molecule has 0 atom stereocenters. The summed E-state index contributed by atoms with van der Waals surface area (Å²) in [4.78, 5) is 2.50. The van der Waals surface area contributed by atoms with Gasteiger partial charge in [-0.3, -0.25) is 0 Å². The van der Waals surface area contributed by atoms with Gasteiger partial charge in [0.15, 0.2) is 0 Å². The fourth-order valence-corrected chi connectivity index (χ4v) is 3.02. The third-order valence-corrected chi connectivity index (χ3v) is 4.34. The second kappa shape index (κ2) is 8.38. The van der Waals surface area contributed by atoms with Crippen molar-refractivity contribution in [3.8, 4) is 0 Å². The third-order valence-electron chi connectivity index (χ3n) is 4.34. The topological polar surface area (TPSA) is 15.3 Å². The number of hydrogen-bond acceptors (Lipinski definition) is 2. The molecule has 3 heteroatoms. The van der Waals surface area contributed by atoms with E-state index in [1.165, 1.54) is 38.2 Å². The van der Waals surface area contributed by atoms with Crippen LogP contribution in [0.15, 0.2) is 24.3 Å². The van der Waals surface area contributed by atoms with Gasteiger partial charge in [-0.1, -0.05) is 37.5 Å². The summed E-state index contributed by atoms with van der Waals surface area (Å²) in [7, 11) is 2.24. The number of hydrogen-bond donors (Lipinski definition) is 1. The zero-order valence-electron chi connectivity index (χ0n) is 12.6. The van der Waals surface area contributed by atoms with Crippen molar-refractivity contribution < 1.29 is 4.39 Å². The third kappa shape index (κ3) is 4.88. The maximum absolute atomic E-state index is 13.4. The van der Waals surface area contributed by atoms with Gasteiger partial charge in [0.05, 0.1) is 0 Å². The lowest BCUT2D eigenvalue weighted by atomic mass is 9.94. The summed E-state index contributed by atoms with van der Waals surface area (Å²) in [5.41, 5.74) is 0.758. The van der Waals surface area contributed by atoms with Crippen molar-refractivity contribution >= 4 is 0 Å². The van der Waals surface area contributed by atoms with Crippen molar-refractivity contribution in [3.05, 3.63) is 35.6 Å². The van der Waals surface area contributed by atoms with E-state index >= 15 is 0 Å². The Morgan fingerprint density at radius 3 is 2.70 bits per heavy atom. The number of halogens is 1. The van der Waals surface area contributed by atoms with E-state index in [4.69, 9.17) is 0 Å². The molecule has 1 saturated carbocycles. The predicted molar refractivity (Wildman–Crippen MR) is 82.2 cm³/mol. The van der Waals surface area contributed by atoms with Crippen LogP contribution in [0.1, 0.15) is 44.1 Å². The molecule has 0 amide bonds. The van der Waals surface area contributed by atoms with Gasteiger partial charge in [-0.05, 0) is 45.5 Å². The van der Waals surface area contributed by atoms with Gasteiger partial charge in [0.25, 0.3) is 0 Å². The minimum Gasteiger partial charge on any atom is -0.313 e. The lowest BCUT2D eigenvalue weighted by Gasteiger charge is -2.31. The molecule has 1 fully saturated rings. The molecule has 2 rings (SSSR count). The number of rotatable bonds is 7. The van der Waals surface area contributed by atoms with Crippen LogP contribution < -0.4 is 5.32 Å². The molecule has 1 aromatic rings. The van der Waals surface area contributed by atoms with Crippen molar-refractivity contribution in [2.45, 2.75) is 51.1 Å². The van der Waals surface area contributed by atoms with Gasteiger partial charge in [0.2, 0.25) is 0 Å². The maximum Gasteiger partial charge on any atom is 0.127 e. The van der Waals surface area contributed by atoms with Gasteiger partial charge in [0, 0.05) is 18.2 Å². The smallest absolute Gasteiger partial charge is 0.127 e. The fraction of sp³-hybridized carbons (Fsp3) is 0.647. The monoisotopic (exact) mass is 278 g/mol. The molecule has 1 aliphatic rings. The average molecular weight is 278 g/mol. The second-order valence-corrected chi connectivity index (χ2v) is 5.89. The maximum atomic E-state index is 13.4. The Labute approximate surface area is 122 Å². The van der Waals surface area contributed by atoms with Gasteiger partial charge in [0.1, 0.15) is 5.82 Å². The fourth-order valence-electron chi connectivity index (χ4n) is 3.02. The van der Waals surface area contributed by atoms with Crippen molar-refractivity contribution in [3.63, 3.8) is 0 Å². The molecule has 1 aliphatic carbocycles. The van der Waals surface area contributed by atoms with E-state index in [1.54, 1.807) is 6.07 Å². The number of benzene rings is 1. The van der Waals surface area contributed by atoms with Gasteiger partial charge < -0.3 is 10.2 Å². The molecule has 1 aromatic carbocycles. The lowest BCUT2D eigenvalue weighted by Crippen LogP contribution is -2.35. The summed E-state index contributed by atoms with van der Waals surface area (Å²) in [5.74, 6) is -0.112. The first-order valence-corrected chi connectivity index (χ1v) is 7.92. The Hall–Kier alpha value is -0.930. The second-order valence-electron chi connectivity index (χ2n) is 5.89. The van der Waals surface area contributed by atoms with Gasteiger partial charge in [-0.25, -0.2) is 4.39 Å². The summed E-state index contributed by atoms with van der Waals surface area (Å²) in [6, 6.07) is 7.77. The van der Waals surface area contributed by atoms with E-state index in [2.05, 4.69) is 17.3 Å². The highest BCUT2D eigenvalue weighted by Crippen LogP contribution is 2.21. The molecule has 1 N–H and O–H groups in total. The molecule has 2 nitrogen and oxygen atoms in total. The van der Waals surface area contributed by atoms with Crippen molar-refractivity contribution in [1.29, 1.82) is 0 Å². The Bertz CT molecular complexity index is 388. The highest BCUT2D eigenvalue weighted by Gasteiger charge is 2.17. The van der Waals surface area contributed by atoms with Crippen LogP contribution in [0.2, 0.25) is 0 Å². The highest BCUT2D eigenvalue weighted by molar-refractivity contribution is 5.16. The summed E-state index contributed by atoms with van der Waals surface area (Å²) < 4.78 is 13.4. The molecular weight excluding hydrogens is 251 g/mol. The lowest BCUT2D eigenvalue weighted by molar-refractivity contribution is 0.189. The molecule has 0 radical (unpaired) electrons. The summed E-state index contributed by atoms with van der Waals surface area (Å²) >= 11 is 0. The van der Waals surface area contributed by atoms with E-state index in [9.17, 15) is 4.39 Å². The molecule has 0 aliphatic heterocycles. The normalized spacial score (nSPS) is 16.8. The first-order valence-electron chi connectivity index (χ1n) is 7.92.